The number of piperidine rings is 1. The van der Waals surface area contributed by atoms with E-state index in [4.69, 9.17) is 0 Å². The van der Waals surface area contributed by atoms with Crippen LogP contribution in [0.25, 0.3) is 0 Å². The third kappa shape index (κ3) is 4.48. The number of non-ortho nitro benzene ring substituents is 1. The molecule has 0 spiro atoms. The second-order valence-electron chi connectivity index (χ2n) is 7.15. The Bertz CT molecular complexity index is 643. The second kappa shape index (κ2) is 7.82. The molecular formula is C18H26N4O3. The van der Waals surface area contributed by atoms with Crippen LogP contribution in [0, 0.1) is 23.0 Å². The zero-order valence-corrected chi connectivity index (χ0v) is 14.7. The van der Waals surface area contributed by atoms with E-state index in [1.165, 1.54) is 44.5 Å². The molecule has 136 valence electrons. The molecule has 0 saturated carbocycles. The minimum absolute atomic E-state index is 0.00898. The number of nitro groups is 1. The Hall–Kier alpha value is -2.15. The highest BCUT2D eigenvalue weighted by molar-refractivity contribution is 5.90. The van der Waals surface area contributed by atoms with E-state index in [9.17, 15) is 14.9 Å². The van der Waals surface area contributed by atoms with Crippen molar-refractivity contribution in [3.63, 3.8) is 0 Å². The van der Waals surface area contributed by atoms with Gasteiger partial charge in [0.2, 0.25) is 0 Å². The highest BCUT2D eigenvalue weighted by Gasteiger charge is 2.28. The van der Waals surface area contributed by atoms with E-state index < -0.39 is 4.92 Å². The van der Waals surface area contributed by atoms with Crippen LogP contribution in [0.1, 0.15) is 31.2 Å². The van der Waals surface area contributed by atoms with Crippen molar-refractivity contribution in [1.29, 1.82) is 0 Å². The number of nitrogens with one attached hydrogen (secondary N) is 1. The first-order chi connectivity index (χ1) is 12.0. The molecule has 2 aliphatic heterocycles. The van der Waals surface area contributed by atoms with Gasteiger partial charge in [0.25, 0.3) is 5.69 Å². The number of amides is 2. The summed E-state index contributed by atoms with van der Waals surface area (Å²) in [6, 6.07) is 4.38. The number of rotatable bonds is 4. The number of benzene rings is 1. The molecule has 7 heteroatoms. The van der Waals surface area contributed by atoms with Gasteiger partial charge in [-0.2, -0.15) is 0 Å². The maximum absolute atomic E-state index is 12.5. The van der Waals surface area contributed by atoms with Gasteiger partial charge in [-0.25, -0.2) is 4.79 Å². The van der Waals surface area contributed by atoms with E-state index in [1.54, 1.807) is 6.07 Å². The Balaban J connectivity index is 1.55. The maximum Gasteiger partial charge on any atom is 0.321 e. The van der Waals surface area contributed by atoms with Crippen LogP contribution >= 0.6 is 0 Å². The first-order valence-corrected chi connectivity index (χ1v) is 9.06. The lowest BCUT2D eigenvalue weighted by atomic mass is 10.1. The molecule has 1 atom stereocenters. The molecule has 1 aromatic rings. The predicted octanol–water partition coefficient (Wildman–Crippen LogP) is 3.24. The zero-order chi connectivity index (χ0) is 17.8. The molecule has 1 aromatic carbocycles. The van der Waals surface area contributed by atoms with E-state index in [2.05, 4.69) is 10.2 Å². The van der Waals surface area contributed by atoms with Crippen molar-refractivity contribution in [1.82, 2.24) is 9.80 Å². The van der Waals surface area contributed by atoms with Crippen molar-refractivity contribution in [2.24, 2.45) is 5.92 Å². The van der Waals surface area contributed by atoms with Gasteiger partial charge in [-0.05, 0) is 50.8 Å². The standard InChI is InChI=1S/C18H26N4O3/c1-14-5-6-16(22(24)25)11-17(14)19-18(23)21-10-7-15(13-21)12-20-8-3-2-4-9-20/h5-6,11,15H,2-4,7-10,12-13H2,1H3,(H,19,23)/t15-/m0/s1. The number of hydrogen-bond acceptors (Lipinski definition) is 4. The van der Waals surface area contributed by atoms with Gasteiger partial charge in [0.1, 0.15) is 0 Å². The summed E-state index contributed by atoms with van der Waals surface area (Å²) in [7, 11) is 0. The smallest absolute Gasteiger partial charge is 0.321 e. The Morgan fingerprint density at radius 3 is 2.76 bits per heavy atom. The molecule has 1 N–H and O–H groups in total. The highest BCUT2D eigenvalue weighted by atomic mass is 16.6. The molecule has 0 aromatic heterocycles. The fourth-order valence-electron chi connectivity index (χ4n) is 3.73. The van der Waals surface area contributed by atoms with Crippen LogP contribution < -0.4 is 5.32 Å². The summed E-state index contributed by atoms with van der Waals surface area (Å²) in [5, 5.41) is 13.8. The monoisotopic (exact) mass is 346 g/mol. The summed E-state index contributed by atoms with van der Waals surface area (Å²) in [5.74, 6) is 0.523. The van der Waals surface area contributed by atoms with Gasteiger partial charge < -0.3 is 15.1 Å². The van der Waals surface area contributed by atoms with Crippen molar-refractivity contribution in [3.8, 4) is 0 Å². The third-order valence-corrected chi connectivity index (χ3v) is 5.21. The molecule has 7 nitrogen and oxygen atoms in total. The number of urea groups is 1. The molecular weight excluding hydrogens is 320 g/mol. The van der Waals surface area contributed by atoms with E-state index >= 15 is 0 Å². The quantitative estimate of drug-likeness (QED) is 0.670. The predicted molar refractivity (Wildman–Crippen MR) is 96.8 cm³/mol. The Labute approximate surface area is 148 Å². The number of nitrogens with zero attached hydrogens (tertiary/aromatic N) is 3. The Morgan fingerprint density at radius 1 is 1.28 bits per heavy atom. The van der Waals surface area contributed by atoms with Gasteiger partial charge in [0.05, 0.1) is 10.6 Å². The molecule has 0 radical (unpaired) electrons. The number of hydrogen-bond donors (Lipinski definition) is 1. The number of aryl methyl sites for hydroxylation is 1. The van der Waals surface area contributed by atoms with Crippen molar-refractivity contribution in [2.75, 3.05) is 38.0 Å². The number of nitro benzene ring substituents is 1. The summed E-state index contributed by atoms with van der Waals surface area (Å²) in [5.41, 5.74) is 1.33. The number of carbonyl (C=O) groups is 1. The zero-order valence-electron chi connectivity index (χ0n) is 14.7. The largest absolute Gasteiger partial charge is 0.324 e. The second-order valence-corrected chi connectivity index (χ2v) is 7.15. The molecule has 0 unspecified atom stereocenters. The molecule has 2 fully saturated rings. The van der Waals surface area contributed by atoms with Crippen molar-refractivity contribution in [3.05, 3.63) is 33.9 Å². The van der Waals surface area contributed by atoms with E-state index in [-0.39, 0.29) is 11.7 Å². The van der Waals surface area contributed by atoms with Gasteiger partial charge in [0, 0.05) is 31.8 Å². The molecule has 2 saturated heterocycles. The van der Waals surface area contributed by atoms with Crippen molar-refractivity contribution in [2.45, 2.75) is 32.6 Å². The molecule has 25 heavy (non-hydrogen) atoms. The van der Waals surface area contributed by atoms with Gasteiger partial charge >= 0.3 is 6.03 Å². The summed E-state index contributed by atoms with van der Waals surface area (Å²) in [6.07, 6.45) is 4.92. The van der Waals surface area contributed by atoms with Crippen LogP contribution in [0.3, 0.4) is 0 Å². The Kier molecular flexibility index (Phi) is 5.53. The third-order valence-electron chi connectivity index (χ3n) is 5.21. The first kappa shape index (κ1) is 17.7. The summed E-state index contributed by atoms with van der Waals surface area (Å²) >= 11 is 0. The molecule has 3 rings (SSSR count). The topological polar surface area (TPSA) is 78.7 Å². The van der Waals surface area contributed by atoms with Crippen LogP contribution in [-0.4, -0.2) is 53.5 Å². The van der Waals surface area contributed by atoms with Crippen LogP contribution in [0.4, 0.5) is 16.2 Å². The van der Waals surface area contributed by atoms with Crippen LogP contribution in [0.15, 0.2) is 18.2 Å². The minimum atomic E-state index is -0.445. The van der Waals surface area contributed by atoms with Gasteiger partial charge in [-0.1, -0.05) is 12.5 Å². The van der Waals surface area contributed by atoms with E-state index in [0.29, 0.717) is 11.6 Å². The van der Waals surface area contributed by atoms with E-state index in [1.807, 2.05) is 11.8 Å². The molecule has 2 heterocycles. The Morgan fingerprint density at radius 2 is 2.04 bits per heavy atom. The highest BCUT2D eigenvalue weighted by Crippen LogP contribution is 2.24. The molecule has 0 bridgehead atoms. The molecule has 2 aliphatic rings. The summed E-state index contributed by atoms with van der Waals surface area (Å²) in [6.45, 7) is 6.77. The first-order valence-electron chi connectivity index (χ1n) is 9.06. The lowest BCUT2D eigenvalue weighted by Crippen LogP contribution is -2.37. The normalized spacial score (nSPS) is 21.3. The summed E-state index contributed by atoms with van der Waals surface area (Å²) in [4.78, 5) is 27.3. The molecule has 0 aliphatic carbocycles. The average molecular weight is 346 g/mol. The number of anilines is 1. The van der Waals surface area contributed by atoms with Gasteiger partial charge in [-0.3, -0.25) is 10.1 Å². The van der Waals surface area contributed by atoms with Gasteiger partial charge in [0.15, 0.2) is 0 Å². The maximum atomic E-state index is 12.5. The van der Waals surface area contributed by atoms with E-state index in [0.717, 1.165) is 31.6 Å². The fourth-order valence-corrected chi connectivity index (χ4v) is 3.73. The SMILES string of the molecule is Cc1ccc([N+](=O)[O-])cc1NC(=O)N1CC[C@@H](CN2CCCCC2)C1. The number of carbonyl (C=O) groups excluding carboxylic acids is 1. The molecule has 2 amide bonds. The van der Waals surface area contributed by atoms with Crippen LogP contribution in [-0.2, 0) is 0 Å². The lowest BCUT2D eigenvalue weighted by molar-refractivity contribution is -0.384. The van der Waals surface area contributed by atoms with Crippen LogP contribution in [0.2, 0.25) is 0 Å². The van der Waals surface area contributed by atoms with Gasteiger partial charge in [-0.15, -0.1) is 0 Å². The number of likely N-dealkylation sites (tertiary alicyclic amines) is 2. The van der Waals surface area contributed by atoms with Crippen molar-refractivity contribution < 1.29 is 9.72 Å². The minimum Gasteiger partial charge on any atom is -0.324 e. The van der Waals surface area contributed by atoms with Crippen molar-refractivity contribution >= 4 is 17.4 Å². The fraction of sp³-hybridized carbons (Fsp3) is 0.611. The summed E-state index contributed by atoms with van der Waals surface area (Å²) < 4.78 is 0. The lowest BCUT2D eigenvalue weighted by Gasteiger charge is -2.29. The van der Waals surface area contributed by atoms with Crippen LogP contribution in [0.5, 0.6) is 0 Å². The average Bonchev–Trinajstić information content (AvgIpc) is 3.06.